The maximum Gasteiger partial charge on any atom is 0.416 e. The normalized spacial score (nSPS) is 12.3. The van der Waals surface area contributed by atoms with Crippen molar-refractivity contribution in [3.05, 3.63) is 237 Å². The molecule has 4 heterocycles. The number of hydrogen-bond acceptors (Lipinski definition) is 16. The molecule has 0 aliphatic rings. The number of benzene rings is 8. The van der Waals surface area contributed by atoms with E-state index in [9.17, 15) is 49.9 Å². The number of nitrogens with one attached hydrogen (secondary N) is 4. The molecule has 0 atom stereocenters. The molecule has 0 radical (unpaired) electrons. The highest BCUT2D eigenvalue weighted by Crippen LogP contribution is 2.37. The Balaban J connectivity index is 0.000000185. The molecule has 0 saturated carbocycles. The lowest BCUT2D eigenvalue weighted by Crippen LogP contribution is -2.40. The molecule has 0 fully saturated rings. The van der Waals surface area contributed by atoms with Crippen molar-refractivity contribution in [1.29, 1.82) is 0 Å². The lowest BCUT2D eigenvalue weighted by atomic mass is 9.95. The molecule has 0 aliphatic carbocycles. The van der Waals surface area contributed by atoms with Gasteiger partial charge in [-0.3, -0.25) is 19.2 Å². The van der Waals surface area contributed by atoms with Gasteiger partial charge in [0, 0.05) is 66.1 Å². The molecule has 4 N–H and O–H groups in total. The molecule has 32 heteroatoms. The Hall–Kier alpha value is -12.3. The van der Waals surface area contributed by atoms with Crippen LogP contribution in [0.2, 0.25) is 5.02 Å². The summed E-state index contributed by atoms with van der Waals surface area (Å²) in [5.74, 6) is -1.23. The smallest absolute Gasteiger partial charge is 0.347 e. The Morgan fingerprint density at radius 1 is 0.295 bits per heavy atom. The van der Waals surface area contributed by atoms with E-state index < -0.39 is 45.8 Å². The second-order valence-electron chi connectivity index (χ2n) is 37.8. The molecule has 12 rings (SSSR count). The summed E-state index contributed by atoms with van der Waals surface area (Å²) >= 11 is 5.84. The quantitative estimate of drug-likeness (QED) is 0.0827. The van der Waals surface area contributed by atoms with E-state index in [2.05, 4.69) is 83.4 Å². The first-order valence-electron chi connectivity index (χ1n) is 39.1. The first kappa shape index (κ1) is 93.6. The Kier molecular flexibility index (Phi) is 27.5. The van der Waals surface area contributed by atoms with Gasteiger partial charge in [-0.2, -0.15) is 31.9 Å². The number of rotatable bonds is 12. The van der Waals surface area contributed by atoms with Gasteiger partial charge in [0.05, 0.1) is 33.3 Å². The van der Waals surface area contributed by atoms with Gasteiger partial charge >= 0.3 is 6.18 Å². The van der Waals surface area contributed by atoms with Crippen LogP contribution in [0.5, 0.6) is 0 Å². The lowest BCUT2D eigenvalue weighted by molar-refractivity contribution is -0.137. The Bertz CT molecular complexity index is 5400. The van der Waals surface area contributed by atoms with E-state index in [0.29, 0.717) is 107 Å². The number of aromatic nitrogens is 16. The van der Waals surface area contributed by atoms with Crippen LogP contribution in [-0.2, 0) is 27.8 Å². The zero-order chi connectivity index (χ0) is 90.7. The van der Waals surface area contributed by atoms with Crippen LogP contribution in [0.15, 0.2) is 152 Å². The van der Waals surface area contributed by atoms with E-state index in [4.69, 9.17) is 11.6 Å². The van der Waals surface area contributed by atoms with Crippen molar-refractivity contribution < 1.29 is 49.9 Å². The van der Waals surface area contributed by atoms with Gasteiger partial charge in [-0.1, -0.05) is 125 Å². The van der Waals surface area contributed by atoms with Crippen molar-refractivity contribution in [3.63, 3.8) is 0 Å². The number of alkyl halides is 3. The molecule has 0 unspecified atom stereocenters. The minimum absolute atomic E-state index is 0.0381. The zero-order valence-corrected chi connectivity index (χ0v) is 74.0. The minimum atomic E-state index is -4.42. The molecule has 0 aliphatic heterocycles. The van der Waals surface area contributed by atoms with Gasteiger partial charge in [-0.15, -0.1) is 20.4 Å². The second kappa shape index (κ2) is 35.8. The molecule has 4 aromatic heterocycles. The predicted octanol–water partition coefficient (Wildman–Crippen LogP) is 19.2. The molecule has 24 nitrogen and oxygen atoms in total. The van der Waals surface area contributed by atoms with Crippen LogP contribution < -0.4 is 21.3 Å². The number of nitrogens with zero attached hydrogens (tertiary/aromatic N) is 16. The first-order valence-corrected chi connectivity index (χ1v) is 39.5. The van der Waals surface area contributed by atoms with E-state index in [1.165, 1.54) is 36.4 Å². The average molecular weight is 1700 g/mol. The van der Waals surface area contributed by atoms with Crippen LogP contribution in [-0.4, -0.2) is 127 Å². The Morgan fingerprint density at radius 3 is 0.803 bits per heavy atom. The number of hydrogen-bond donors (Lipinski definition) is 4. The highest BCUT2D eigenvalue weighted by atomic mass is 35.5. The summed E-state index contributed by atoms with van der Waals surface area (Å²) < 4.78 is 100. The third-order valence-corrected chi connectivity index (χ3v) is 18.1. The zero-order valence-electron chi connectivity index (χ0n) is 73.2. The van der Waals surface area contributed by atoms with Gasteiger partial charge in [0.25, 0.3) is 23.6 Å². The molecule has 4 amide bonds. The van der Waals surface area contributed by atoms with Gasteiger partial charge in [0.2, 0.25) is 0 Å². The monoisotopic (exact) mass is 1700 g/mol. The Morgan fingerprint density at radius 2 is 0.549 bits per heavy atom. The molecule has 8 aromatic carbocycles. The van der Waals surface area contributed by atoms with E-state index in [0.717, 1.165) is 35.4 Å². The van der Waals surface area contributed by atoms with Gasteiger partial charge in [-0.05, 0) is 303 Å². The van der Waals surface area contributed by atoms with E-state index in [-0.39, 0.29) is 61.7 Å². The summed E-state index contributed by atoms with van der Waals surface area (Å²) in [6.45, 7) is 48.3. The van der Waals surface area contributed by atoms with Crippen molar-refractivity contribution in [2.24, 2.45) is 0 Å². The minimum Gasteiger partial charge on any atom is -0.347 e. The van der Waals surface area contributed by atoms with E-state index in [1.54, 1.807) is 105 Å². The van der Waals surface area contributed by atoms with Crippen molar-refractivity contribution in [2.45, 2.75) is 223 Å². The molecule has 122 heavy (non-hydrogen) atoms. The van der Waals surface area contributed by atoms with Crippen molar-refractivity contribution in [1.82, 2.24) is 102 Å². The third-order valence-electron chi connectivity index (χ3n) is 17.8. The number of carbonyl (C=O) groups excluding carboxylic acids is 4. The van der Waals surface area contributed by atoms with Gasteiger partial charge in [0.1, 0.15) is 11.6 Å². The molecular formula is C90H104ClF7N20O4. The van der Waals surface area contributed by atoms with Crippen molar-refractivity contribution >= 4 is 35.2 Å². The predicted molar refractivity (Wildman–Crippen MR) is 457 cm³/mol. The van der Waals surface area contributed by atoms with Crippen molar-refractivity contribution in [2.75, 3.05) is 0 Å². The molecule has 644 valence electrons. The van der Waals surface area contributed by atoms with Gasteiger partial charge < -0.3 is 21.3 Å². The van der Waals surface area contributed by atoms with Crippen LogP contribution in [0.3, 0.4) is 0 Å². The summed E-state index contributed by atoms with van der Waals surface area (Å²) in [7, 11) is 0. The first-order chi connectivity index (χ1) is 56.2. The largest absolute Gasteiger partial charge is 0.416 e. The molecule has 12 aromatic rings. The van der Waals surface area contributed by atoms with Crippen LogP contribution in [0.25, 0.3) is 67.3 Å². The fraction of sp³-hybridized carbons (Fsp3) is 0.378. The SMILES string of the molecule is CC(C)(C)NC(=O)c1cc(-c2ccc(C(F)(F)F)cc2)cc(-n2nnnc2C(C)(C)C)c1.CC(C)(C)NC(=O)c1cc(-c2ccc(Cl)c(F)c2)cc(-n2nnnc2C(C)(C)C)c1.CC(C)(C)NC(=O)c1cc(-c2ccc(F)c(F)c2)cc(-n2nnnc2C(C)(C)C)c1.Cc1cc(-c2cc(C(=O)NC(C)(C)C)cc(-n3nnnc3C(C)(C)C)c2)ccc1F. The number of tetrazole rings is 4. The van der Waals surface area contributed by atoms with Crippen LogP contribution in [0.4, 0.5) is 30.7 Å². The third kappa shape index (κ3) is 24.7. The summed E-state index contributed by atoms with van der Waals surface area (Å²) in [6.07, 6.45) is -4.42. The van der Waals surface area contributed by atoms with Crippen LogP contribution >= 0.6 is 11.6 Å². The molecule has 0 saturated heterocycles. The fourth-order valence-electron chi connectivity index (χ4n) is 12.1. The standard InChI is InChI=1S/C23H26F3N5O.C23H28FN5O.C22H25ClFN5O.C22H25F2N5O/c1-21(2,3)20-28-29-30-31(20)18-12-15(11-16(13-18)19(32)27-22(4,5)6)14-7-9-17(10-8-14)23(24,25)26;1-14-10-15(8-9-19(14)24)16-11-17(20(30)25-23(5,6)7)13-18(12-16)29-21(22(2,3)4)26-27-28-29;2*1-21(2,3)20-26-27-28-29(20)16-10-14(13-7-8-17(23)18(24)12-13)9-15(11-16)19(30)25-22(4,5)6/h7-13H,1-6H3,(H,27,32);8-13H,1-7H3,(H,25,30);2*7-12H,1-6H3,(H,25,30). The Labute approximate surface area is 710 Å². The summed E-state index contributed by atoms with van der Waals surface area (Å²) in [5, 5.41) is 60.0. The van der Waals surface area contributed by atoms with Gasteiger partial charge in [0.15, 0.2) is 34.9 Å². The van der Waals surface area contributed by atoms with Gasteiger partial charge in [-0.25, -0.2) is 17.6 Å². The second-order valence-corrected chi connectivity index (χ2v) is 38.3. The average Bonchev–Trinajstić information content (AvgIpc) is 1.55. The van der Waals surface area contributed by atoms with Crippen LogP contribution in [0.1, 0.15) is 242 Å². The topological polar surface area (TPSA) is 291 Å². The van der Waals surface area contributed by atoms with Crippen molar-refractivity contribution in [3.8, 4) is 67.3 Å². The highest BCUT2D eigenvalue weighted by Gasteiger charge is 2.33. The summed E-state index contributed by atoms with van der Waals surface area (Å²) in [5.41, 5.74) is 5.66. The fourth-order valence-corrected chi connectivity index (χ4v) is 12.2. The highest BCUT2D eigenvalue weighted by molar-refractivity contribution is 6.30. The molecular weight excluding hydrogens is 1590 g/mol. The molecule has 0 spiro atoms. The van der Waals surface area contributed by atoms with E-state index >= 15 is 0 Å². The number of carbonyl (C=O) groups is 4. The summed E-state index contributed by atoms with van der Waals surface area (Å²) in [6, 6.07) is 38.8. The van der Waals surface area contributed by atoms with Crippen LogP contribution in [0, 0.1) is 30.2 Å². The van der Waals surface area contributed by atoms with E-state index in [1.807, 2.05) is 178 Å². The molecule has 0 bridgehead atoms. The summed E-state index contributed by atoms with van der Waals surface area (Å²) in [4.78, 5) is 51.6. The number of halogens is 8. The maximum absolute atomic E-state index is 14.1. The lowest BCUT2D eigenvalue weighted by Gasteiger charge is -2.22. The maximum atomic E-state index is 14.1. The number of aryl methyl sites for hydroxylation is 1. The number of amides is 4.